The van der Waals surface area contributed by atoms with Crippen LogP contribution in [0.3, 0.4) is 0 Å². The number of esters is 1. The Labute approximate surface area is 147 Å². The number of hydrogen-bond acceptors (Lipinski definition) is 6. The Kier molecular flexibility index (Phi) is 4.54. The van der Waals surface area contributed by atoms with E-state index in [1.807, 2.05) is 0 Å². The molecule has 3 rings (SSSR count). The monoisotopic (exact) mass is 385 g/mol. The van der Waals surface area contributed by atoms with E-state index in [1.165, 1.54) is 18.2 Å². The Balaban J connectivity index is 1.59. The van der Waals surface area contributed by atoms with Crippen LogP contribution in [0.15, 0.2) is 24.3 Å². The summed E-state index contributed by atoms with van der Waals surface area (Å²) in [6, 6.07) is 5.70. The number of sulfone groups is 1. The fraction of sp³-hybridized carbons (Fsp3) is 0.375. The molecule has 25 heavy (non-hydrogen) atoms. The first-order valence-corrected chi connectivity index (χ1v) is 10.2. The van der Waals surface area contributed by atoms with Gasteiger partial charge in [0.1, 0.15) is 10.7 Å². The Bertz CT molecular complexity index is 953. The van der Waals surface area contributed by atoms with Crippen LogP contribution in [0.1, 0.15) is 23.0 Å². The molecule has 1 N–H and O–H groups in total. The minimum absolute atomic E-state index is 0.0297. The summed E-state index contributed by atoms with van der Waals surface area (Å²) in [5.41, 5.74) is -0.836. The number of thiophene rings is 1. The molecule has 0 radical (unpaired) electrons. The van der Waals surface area contributed by atoms with Crippen LogP contribution in [0.2, 0.25) is 0 Å². The maximum Gasteiger partial charge on any atom is 0.348 e. The van der Waals surface area contributed by atoms with Crippen LogP contribution in [0.5, 0.6) is 0 Å². The quantitative estimate of drug-likeness (QED) is 0.812. The summed E-state index contributed by atoms with van der Waals surface area (Å²) in [5.74, 6) is -1.73. The minimum Gasteiger partial charge on any atom is -0.451 e. The van der Waals surface area contributed by atoms with Gasteiger partial charge in [0, 0.05) is 4.70 Å². The molecule has 0 bridgehead atoms. The van der Waals surface area contributed by atoms with Gasteiger partial charge in [0.15, 0.2) is 16.4 Å². The maximum atomic E-state index is 13.2. The smallest absolute Gasteiger partial charge is 0.348 e. The van der Waals surface area contributed by atoms with Crippen molar-refractivity contribution in [3.63, 3.8) is 0 Å². The molecule has 2 heterocycles. The Morgan fingerprint density at radius 1 is 1.36 bits per heavy atom. The third-order valence-corrected chi connectivity index (χ3v) is 6.96. The van der Waals surface area contributed by atoms with E-state index < -0.39 is 39.7 Å². The first-order valence-electron chi connectivity index (χ1n) is 7.54. The second kappa shape index (κ2) is 6.38. The van der Waals surface area contributed by atoms with Gasteiger partial charge in [-0.1, -0.05) is 0 Å². The van der Waals surface area contributed by atoms with Crippen LogP contribution in [-0.2, 0) is 19.4 Å². The molecule has 1 aromatic heterocycles. The molecular weight excluding hydrogens is 369 g/mol. The highest BCUT2D eigenvalue weighted by Gasteiger charge is 2.39. The van der Waals surface area contributed by atoms with Crippen molar-refractivity contribution in [3.8, 4) is 0 Å². The van der Waals surface area contributed by atoms with Gasteiger partial charge in [-0.25, -0.2) is 17.6 Å². The number of carbonyl (C=O) groups is 2. The molecule has 2 aromatic rings. The van der Waals surface area contributed by atoms with Crippen molar-refractivity contribution in [2.45, 2.75) is 18.9 Å². The third-order valence-electron chi connectivity index (χ3n) is 3.96. The van der Waals surface area contributed by atoms with Gasteiger partial charge < -0.3 is 10.1 Å². The van der Waals surface area contributed by atoms with Crippen molar-refractivity contribution in [1.82, 2.24) is 5.32 Å². The minimum atomic E-state index is -3.14. The van der Waals surface area contributed by atoms with Crippen molar-refractivity contribution in [2.75, 3.05) is 18.1 Å². The summed E-state index contributed by atoms with van der Waals surface area (Å²) in [6.07, 6.45) is 0.330. The van der Waals surface area contributed by atoms with Gasteiger partial charge in [0.2, 0.25) is 0 Å². The second-order valence-corrected chi connectivity index (χ2v) is 9.59. The number of rotatable bonds is 4. The second-order valence-electron chi connectivity index (χ2n) is 6.32. The number of hydrogen-bond donors (Lipinski definition) is 1. The molecule has 0 unspecified atom stereocenters. The molecule has 1 amide bonds. The van der Waals surface area contributed by atoms with Gasteiger partial charge in [0.05, 0.1) is 17.0 Å². The molecule has 6 nitrogen and oxygen atoms in total. The van der Waals surface area contributed by atoms with E-state index in [-0.39, 0.29) is 16.4 Å². The molecule has 1 aliphatic rings. The van der Waals surface area contributed by atoms with Crippen LogP contribution < -0.4 is 5.32 Å². The highest BCUT2D eigenvalue weighted by atomic mass is 32.2. The molecule has 1 fully saturated rings. The van der Waals surface area contributed by atoms with Crippen molar-refractivity contribution in [3.05, 3.63) is 35.0 Å². The molecule has 1 aliphatic heterocycles. The maximum absolute atomic E-state index is 13.2. The number of benzene rings is 1. The van der Waals surface area contributed by atoms with E-state index in [0.29, 0.717) is 11.8 Å². The van der Waals surface area contributed by atoms with Gasteiger partial charge in [-0.2, -0.15) is 0 Å². The largest absolute Gasteiger partial charge is 0.451 e. The molecule has 134 valence electrons. The van der Waals surface area contributed by atoms with E-state index in [0.717, 1.165) is 16.0 Å². The van der Waals surface area contributed by atoms with Crippen molar-refractivity contribution in [2.24, 2.45) is 0 Å². The van der Waals surface area contributed by atoms with E-state index in [1.54, 1.807) is 13.0 Å². The lowest BCUT2D eigenvalue weighted by Gasteiger charge is -2.23. The molecule has 1 atom stereocenters. The number of fused-ring (bicyclic) bond motifs is 1. The van der Waals surface area contributed by atoms with Gasteiger partial charge >= 0.3 is 5.97 Å². The molecular formula is C16H16FNO5S2. The van der Waals surface area contributed by atoms with Crippen LogP contribution in [0.4, 0.5) is 4.39 Å². The number of carbonyl (C=O) groups excluding carboxylic acids is 2. The summed E-state index contributed by atoms with van der Waals surface area (Å²) >= 11 is 1.15. The molecule has 1 aromatic carbocycles. The molecule has 9 heteroatoms. The Hall–Kier alpha value is -2.00. The molecule has 1 saturated heterocycles. The average molecular weight is 385 g/mol. The highest BCUT2D eigenvalue weighted by molar-refractivity contribution is 7.91. The van der Waals surface area contributed by atoms with Crippen LogP contribution in [-0.4, -0.2) is 43.9 Å². The summed E-state index contributed by atoms with van der Waals surface area (Å²) in [5, 5.41) is 3.20. The predicted octanol–water partition coefficient (Wildman–Crippen LogP) is 1.89. The zero-order valence-electron chi connectivity index (χ0n) is 13.4. The summed E-state index contributed by atoms with van der Waals surface area (Å²) in [6.45, 7) is 1.15. The number of amides is 1. The number of nitrogens with one attached hydrogen (secondary N) is 1. The zero-order valence-corrected chi connectivity index (χ0v) is 15.0. The number of halogens is 1. The van der Waals surface area contributed by atoms with Crippen molar-refractivity contribution in [1.29, 1.82) is 0 Å². The van der Waals surface area contributed by atoms with E-state index in [4.69, 9.17) is 4.74 Å². The van der Waals surface area contributed by atoms with E-state index >= 15 is 0 Å². The highest BCUT2D eigenvalue weighted by Crippen LogP contribution is 2.27. The lowest BCUT2D eigenvalue weighted by Crippen LogP contribution is -2.48. The molecule has 0 saturated carbocycles. The van der Waals surface area contributed by atoms with Crippen molar-refractivity contribution < 1.29 is 27.1 Å². The van der Waals surface area contributed by atoms with E-state index in [2.05, 4.69) is 5.32 Å². The first kappa shape index (κ1) is 17.8. The van der Waals surface area contributed by atoms with Crippen molar-refractivity contribution >= 4 is 43.1 Å². The third kappa shape index (κ3) is 4.16. The molecule has 0 spiro atoms. The molecule has 0 aliphatic carbocycles. The SMILES string of the molecule is C[C@@]1(NC(=O)COC(=O)c2cc3cc(F)ccc3s2)CCS(=O)(=O)C1. The Morgan fingerprint density at radius 2 is 2.12 bits per heavy atom. The summed E-state index contributed by atoms with van der Waals surface area (Å²) < 4.78 is 41.9. The topological polar surface area (TPSA) is 89.5 Å². The fourth-order valence-corrected chi connectivity index (χ4v) is 5.83. The van der Waals surface area contributed by atoms with E-state index in [9.17, 15) is 22.4 Å². The lowest BCUT2D eigenvalue weighted by molar-refractivity contribution is -0.125. The van der Waals surface area contributed by atoms with Gasteiger partial charge in [-0.3, -0.25) is 4.79 Å². The van der Waals surface area contributed by atoms with Crippen LogP contribution >= 0.6 is 11.3 Å². The first-order chi connectivity index (χ1) is 11.7. The van der Waals surface area contributed by atoms with Gasteiger partial charge in [0.25, 0.3) is 5.91 Å². The predicted molar refractivity (Wildman–Crippen MR) is 91.9 cm³/mol. The lowest BCUT2D eigenvalue weighted by atomic mass is 10.0. The number of ether oxygens (including phenoxy) is 1. The fourth-order valence-electron chi connectivity index (χ4n) is 2.80. The summed E-state index contributed by atoms with van der Waals surface area (Å²) in [4.78, 5) is 24.2. The van der Waals surface area contributed by atoms with Crippen LogP contribution in [0, 0.1) is 5.82 Å². The van der Waals surface area contributed by atoms with Gasteiger partial charge in [-0.05, 0) is 43.0 Å². The summed E-state index contributed by atoms with van der Waals surface area (Å²) in [7, 11) is -3.14. The zero-order chi connectivity index (χ0) is 18.2. The standard InChI is InChI=1S/C16H16FNO5S2/c1-16(4-5-25(21,22)9-16)18-14(19)8-23-15(20)13-7-10-6-11(17)2-3-12(10)24-13/h2-3,6-7H,4-5,8-9H2,1H3,(H,18,19)/t16-/m1/s1. The Morgan fingerprint density at radius 3 is 2.80 bits per heavy atom. The van der Waals surface area contributed by atoms with Gasteiger partial charge in [-0.15, -0.1) is 11.3 Å². The average Bonchev–Trinajstić information content (AvgIpc) is 3.04. The normalized spacial score (nSPS) is 22.0. The van der Waals surface area contributed by atoms with Crippen LogP contribution in [0.25, 0.3) is 10.1 Å².